The number of halogens is 2. The number of benzene rings is 1. The molecule has 1 atom stereocenters. The van der Waals surface area contributed by atoms with Gasteiger partial charge in [-0.25, -0.2) is 8.78 Å². The van der Waals surface area contributed by atoms with Crippen LogP contribution in [0.25, 0.3) is 0 Å². The molecule has 24 heavy (non-hydrogen) atoms. The van der Waals surface area contributed by atoms with Crippen molar-refractivity contribution in [2.45, 2.75) is 32.2 Å². The van der Waals surface area contributed by atoms with Crippen molar-refractivity contribution in [3.8, 4) is 5.75 Å². The van der Waals surface area contributed by atoms with Crippen molar-refractivity contribution in [2.24, 2.45) is 5.92 Å². The smallest absolute Gasteiger partial charge is 0.263 e. The van der Waals surface area contributed by atoms with E-state index in [4.69, 9.17) is 14.2 Å². The first-order valence-corrected chi connectivity index (χ1v) is 8.18. The average Bonchev–Trinajstić information content (AvgIpc) is 3.12. The lowest BCUT2D eigenvalue weighted by Crippen LogP contribution is -2.46. The van der Waals surface area contributed by atoms with Crippen molar-refractivity contribution >= 4 is 5.91 Å². The third-order valence-electron chi connectivity index (χ3n) is 4.44. The van der Waals surface area contributed by atoms with E-state index in [-0.39, 0.29) is 17.9 Å². The van der Waals surface area contributed by atoms with Gasteiger partial charge in [-0.3, -0.25) is 4.79 Å². The summed E-state index contributed by atoms with van der Waals surface area (Å²) >= 11 is 0. The van der Waals surface area contributed by atoms with Crippen LogP contribution in [0.4, 0.5) is 8.78 Å². The molecule has 1 aromatic carbocycles. The van der Waals surface area contributed by atoms with Crippen molar-refractivity contribution in [1.29, 1.82) is 0 Å². The summed E-state index contributed by atoms with van der Waals surface area (Å²) in [5.41, 5.74) is 0. The molecular formula is C17H21F2NO4. The lowest BCUT2D eigenvalue weighted by atomic mass is 9.96. The van der Waals surface area contributed by atoms with E-state index < -0.39 is 17.7 Å². The lowest BCUT2D eigenvalue weighted by Gasteiger charge is -2.35. The maximum absolute atomic E-state index is 13.2. The first-order valence-electron chi connectivity index (χ1n) is 8.18. The van der Waals surface area contributed by atoms with Gasteiger partial charge in [-0.15, -0.1) is 0 Å². The molecule has 0 spiro atoms. The molecule has 0 aliphatic carbocycles. The van der Waals surface area contributed by atoms with Crippen LogP contribution in [0.5, 0.6) is 5.75 Å². The Kier molecular flexibility index (Phi) is 5.30. The number of piperidine rings is 1. The zero-order chi connectivity index (χ0) is 17.1. The molecule has 2 fully saturated rings. The van der Waals surface area contributed by atoms with Crippen molar-refractivity contribution in [3.05, 3.63) is 29.8 Å². The normalized spacial score (nSPS) is 21.0. The summed E-state index contributed by atoms with van der Waals surface area (Å²) in [4.78, 5) is 14.2. The molecule has 0 radical (unpaired) electrons. The molecule has 3 rings (SSSR count). The van der Waals surface area contributed by atoms with Gasteiger partial charge in [0, 0.05) is 25.1 Å². The van der Waals surface area contributed by atoms with E-state index in [9.17, 15) is 13.6 Å². The predicted molar refractivity (Wildman–Crippen MR) is 81.4 cm³/mol. The number of hydrogen-bond acceptors (Lipinski definition) is 4. The number of carbonyl (C=O) groups excluding carboxylic acids is 1. The van der Waals surface area contributed by atoms with Gasteiger partial charge in [0.05, 0.1) is 13.2 Å². The SMILES string of the molecule is CC(Oc1ccc(F)c(F)c1)C(=O)N1CCC(C2OCCO2)CC1. The molecule has 5 nitrogen and oxygen atoms in total. The number of hydrogen-bond donors (Lipinski definition) is 0. The molecule has 1 aromatic rings. The molecule has 7 heteroatoms. The zero-order valence-electron chi connectivity index (χ0n) is 13.5. The fourth-order valence-corrected chi connectivity index (χ4v) is 3.10. The molecule has 0 aromatic heterocycles. The molecule has 1 amide bonds. The minimum Gasteiger partial charge on any atom is -0.481 e. The van der Waals surface area contributed by atoms with Crippen LogP contribution in [-0.4, -0.2) is 49.5 Å². The fourth-order valence-electron chi connectivity index (χ4n) is 3.10. The van der Waals surface area contributed by atoms with Gasteiger partial charge in [0.2, 0.25) is 0 Å². The van der Waals surface area contributed by atoms with Gasteiger partial charge >= 0.3 is 0 Å². The second-order valence-electron chi connectivity index (χ2n) is 6.11. The summed E-state index contributed by atoms with van der Waals surface area (Å²) in [6.45, 7) is 4.08. The second-order valence-corrected chi connectivity index (χ2v) is 6.11. The van der Waals surface area contributed by atoms with Crippen molar-refractivity contribution in [1.82, 2.24) is 4.90 Å². The average molecular weight is 341 g/mol. The van der Waals surface area contributed by atoms with E-state index in [1.165, 1.54) is 6.07 Å². The van der Waals surface area contributed by atoms with Crippen molar-refractivity contribution in [2.75, 3.05) is 26.3 Å². The van der Waals surface area contributed by atoms with Crippen molar-refractivity contribution < 1.29 is 27.8 Å². The Bertz CT molecular complexity index is 584. The Morgan fingerprint density at radius 2 is 1.88 bits per heavy atom. The predicted octanol–water partition coefficient (Wildman–Crippen LogP) is 2.34. The highest BCUT2D eigenvalue weighted by atomic mass is 19.2. The fraction of sp³-hybridized carbons (Fsp3) is 0.588. The third kappa shape index (κ3) is 3.84. The van der Waals surface area contributed by atoms with Crippen LogP contribution in [0.2, 0.25) is 0 Å². The minimum atomic E-state index is -0.996. The Labute approximate surface area is 139 Å². The molecule has 0 N–H and O–H groups in total. The summed E-state index contributed by atoms with van der Waals surface area (Å²) in [5, 5.41) is 0. The van der Waals surface area contributed by atoms with E-state index in [1.807, 2.05) is 0 Å². The van der Waals surface area contributed by atoms with Crippen LogP contribution in [0, 0.1) is 17.6 Å². The first-order chi connectivity index (χ1) is 11.5. The van der Waals surface area contributed by atoms with E-state index in [0.29, 0.717) is 32.2 Å². The monoisotopic (exact) mass is 341 g/mol. The number of ether oxygens (including phenoxy) is 3. The first kappa shape index (κ1) is 17.1. The second kappa shape index (κ2) is 7.44. The van der Waals surface area contributed by atoms with E-state index >= 15 is 0 Å². The highest BCUT2D eigenvalue weighted by Gasteiger charge is 2.33. The molecular weight excluding hydrogens is 320 g/mol. The number of nitrogens with zero attached hydrogens (tertiary/aromatic N) is 1. The Balaban J connectivity index is 1.51. The maximum atomic E-state index is 13.2. The zero-order valence-corrected chi connectivity index (χ0v) is 13.5. The standard InChI is InChI=1S/C17H21F2NO4/c1-11(24-13-2-3-14(18)15(19)10-13)16(21)20-6-4-12(5-7-20)17-22-8-9-23-17/h2-3,10-12,17H,4-9H2,1H3. The maximum Gasteiger partial charge on any atom is 0.263 e. The molecule has 0 bridgehead atoms. The van der Waals surface area contributed by atoms with Crippen LogP contribution < -0.4 is 4.74 Å². The van der Waals surface area contributed by atoms with Gasteiger partial charge < -0.3 is 19.1 Å². The molecule has 0 saturated carbocycles. The Morgan fingerprint density at radius 3 is 2.50 bits per heavy atom. The number of carbonyl (C=O) groups is 1. The molecule has 2 heterocycles. The van der Waals surface area contributed by atoms with Crippen molar-refractivity contribution in [3.63, 3.8) is 0 Å². The molecule has 1 unspecified atom stereocenters. The third-order valence-corrected chi connectivity index (χ3v) is 4.44. The van der Waals surface area contributed by atoms with Gasteiger partial charge in [0.1, 0.15) is 5.75 Å². The molecule has 2 saturated heterocycles. The van der Waals surface area contributed by atoms with Gasteiger partial charge in [-0.1, -0.05) is 0 Å². The van der Waals surface area contributed by atoms with Gasteiger partial charge in [-0.05, 0) is 31.9 Å². The quantitative estimate of drug-likeness (QED) is 0.843. The minimum absolute atomic E-state index is 0.136. The van der Waals surface area contributed by atoms with Crippen LogP contribution in [0.3, 0.4) is 0 Å². The van der Waals surface area contributed by atoms with Crippen LogP contribution in [-0.2, 0) is 14.3 Å². The van der Waals surface area contributed by atoms with Crippen LogP contribution >= 0.6 is 0 Å². The highest BCUT2D eigenvalue weighted by Crippen LogP contribution is 2.26. The molecule has 132 valence electrons. The molecule has 2 aliphatic rings. The summed E-state index contributed by atoms with van der Waals surface area (Å²) in [6.07, 6.45) is 0.714. The largest absolute Gasteiger partial charge is 0.481 e. The van der Waals surface area contributed by atoms with E-state index in [1.54, 1.807) is 11.8 Å². The topological polar surface area (TPSA) is 48.0 Å². The van der Waals surface area contributed by atoms with E-state index in [0.717, 1.165) is 25.0 Å². The Hall–Kier alpha value is -1.73. The summed E-state index contributed by atoms with van der Waals surface area (Å²) in [7, 11) is 0. The highest BCUT2D eigenvalue weighted by molar-refractivity contribution is 5.81. The summed E-state index contributed by atoms with van der Waals surface area (Å²) < 4.78 is 42.6. The Morgan fingerprint density at radius 1 is 1.21 bits per heavy atom. The van der Waals surface area contributed by atoms with Gasteiger partial charge in [0.25, 0.3) is 5.91 Å². The van der Waals surface area contributed by atoms with Gasteiger partial charge in [-0.2, -0.15) is 0 Å². The number of likely N-dealkylation sites (tertiary alicyclic amines) is 1. The van der Waals surface area contributed by atoms with Crippen LogP contribution in [0.15, 0.2) is 18.2 Å². The lowest BCUT2D eigenvalue weighted by molar-refractivity contribution is -0.143. The number of amides is 1. The van der Waals surface area contributed by atoms with E-state index in [2.05, 4.69) is 0 Å². The number of rotatable bonds is 4. The summed E-state index contributed by atoms with van der Waals surface area (Å²) in [6, 6.07) is 3.23. The van der Waals surface area contributed by atoms with Gasteiger partial charge in [0.15, 0.2) is 24.0 Å². The summed E-state index contributed by atoms with van der Waals surface area (Å²) in [5.74, 6) is -1.66. The molecule has 2 aliphatic heterocycles. The van der Waals surface area contributed by atoms with Crippen LogP contribution in [0.1, 0.15) is 19.8 Å².